The first kappa shape index (κ1) is 28.2. The molecule has 3 N–H and O–H groups in total. The third-order valence-electron chi connectivity index (χ3n) is 7.11. The van der Waals surface area contributed by atoms with Crippen LogP contribution in [0.2, 0.25) is 10.0 Å². The summed E-state index contributed by atoms with van der Waals surface area (Å²) in [5, 5.41) is 28.2. The number of guanidine groups is 1. The second-order valence-corrected chi connectivity index (χ2v) is 10.5. The number of hydrogen-bond donors (Lipinski definition) is 3. The maximum Gasteiger partial charge on any atom is 0.328 e. The van der Waals surface area contributed by atoms with Gasteiger partial charge in [0.25, 0.3) is 11.8 Å². The van der Waals surface area contributed by atoms with Crippen LogP contribution in [0.5, 0.6) is 0 Å². The van der Waals surface area contributed by atoms with Crippen molar-refractivity contribution in [1.29, 1.82) is 5.26 Å². The zero-order chi connectivity index (χ0) is 29.1. The van der Waals surface area contributed by atoms with Gasteiger partial charge in [0, 0.05) is 32.4 Å². The van der Waals surface area contributed by atoms with Crippen molar-refractivity contribution in [2.45, 2.75) is 31.8 Å². The number of carboxylic acid groups (broad SMARTS) is 1. The minimum absolute atomic E-state index is 0.0322. The number of carboxylic acids is 1. The molecule has 14 heteroatoms. The van der Waals surface area contributed by atoms with E-state index in [-0.39, 0.29) is 40.6 Å². The van der Waals surface area contributed by atoms with E-state index in [1.165, 1.54) is 0 Å². The van der Waals surface area contributed by atoms with E-state index < -0.39 is 17.9 Å². The molecule has 0 spiro atoms. The molecule has 5 rings (SSSR count). The molecule has 2 aliphatic heterocycles. The molecule has 2 aromatic heterocycles. The molecule has 4 heterocycles. The number of nitriles is 1. The molecule has 1 saturated heterocycles. The van der Waals surface area contributed by atoms with Crippen molar-refractivity contribution in [3.05, 3.63) is 69.0 Å². The Bertz CT molecular complexity index is 1560. The Morgan fingerprint density at radius 3 is 2.63 bits per heavy atom. The summed E-state index contributed by atoms with van der Waals surface area (Å²) < 4.78 is 1.63. The Kier molecular flexibility index (Phi) is 8.28. The van der Waals surface area contributed by atoms with Crippen LogP contribution in [-0.2, 0) is 17.8 Å². The summed E-state index contributed by atoms with van der Waals surface area (Å²) >= 11 is 13.1. The van der Waals surface area contributed by atoms with Gasteiger partial charge in [-0.2, -0.15) is 10.4 Å². The lowest BCUT2D eigenvalue weighted by molar-refractivity contribution is -0.138. The minimum atomic E-state index is -1.39. The van der Waals surface area contributed by atoms with Crippen molar-refractivity contribution in [1.82, 2.24) is 30.0 Å². The number of aliphatic carboxylic acids is 1. The average molecular weight is 597 g/mol. The summed E-state index contributed by atoms with van der Waals surface area (Å²) in [5.41, 5.74) is 2.43. The Hall–Kier alpha value is -4.34. The van der Waals surface area contributed by atoms with E-state index in [0.717, 1.165) is 18.4 Å². The molecule has 0 radical (unpaired) electrons. The number of nitrogens with zero attached hydrogens (tertiary/aromatic N) is 6. The van der Waals surface area contributed by atoms with Crippen molar-refractivity contribution in [3.8, 4) is 6.19 Å². The molecule has 0 aliphatic carbocycles. The number of likely N-dealkylation sites (tertiary alicyclic amines) is 1. The highest BCUT2D eigenvalue weighted by Gasteiger charge is 2.30. The van der Waals surface area contributed by atoms with Gasteiger partial charge in [0.1, 0.15) is 6.04 Å². The molecule has 1 fully saturated rings. The van der Waals surface area contributed by atoms with Gasteiger partial charge >= 0.3 is 5.97 Å². The van der Waals surface area contributed by atoms with Gasteiger partial charge in [0.15, 0.2) is 11.9 Å². The number of carbonyl (C=O) groups excluding carboxylic acids is 2. The number of pyridine rings is 1. The van der Waals surface area contributed by atoms with Gasteiger partial charge in [0.2, 0.25) is 5.96 Å². The summed E-state index contributed by atoms with van der Waals surface area (Å²) in [6, 6.07) is 7.47. The number of benzene rings is 1. The van der Waals surface area contributed by atoms with Crippen LogP contribution in [0, 0.1) is 11.5 Å². The first-order valence-electron chi connectivity index (χ1n) is 13.0. The molecular formula is C27H26Cl2N8O4. The number of fused-ring (bicyclic) bond motifs is 2. The fourth-order valence-electron chi connectivity index (χ4n) is 5.03. The molecule has 2 aliphatic rings. The van der Waals surface area contributed by atoms with Crippen LogP contribution in [0.4, 0.5) is 0 Å². The maximum absolute atomic E-state index is 13.2. The Morgan fingerprint density at radius 2 is 1.93 bits per heavy atom. The van der Waals surface area contributed by atoms with Gasteiger partial charge in [-0.15, -0.1) is 0 Å². The predicted molar refractivity (Wildman–Crippen MR) is 151 cm³/mol. The molecule has 0 saturated carbocycles. The maximum atomic E-state index is 13.2. The lowest BCUT2D eigenvalue weighted by Crippen LogP contribution is -2.45. The first-order valence-corrected chi connectivity index (χ1v) is 13.7. The topological polar surface area (TPSA) is 155 Å². The van der Waals surface area contributed by atoms with E-state index in [9.17, 15) is 19.5 Å². The Balaban J connectivity index is 1.32. The monoisotopic (exact) mass is 596 g/mol. The van der Waals surface area contributed by atoms with Crippen molar-refractivity contribution in [2.24, 2.45) is 4.99 Å². The Labute approximate surface area is 245 Å². The highest BCUT2D eigenvalue weighted by molar-refractivity contribution is 6.40. The van der Waals surface area contributed by atoms with Crippen LogP contribution in [-0.4, -0.2) is 80.5 Å². The molecule has 0 bridgehead atoms. The quantitative estimate of drug-likeness (QED) is 0.170. The highest BCUT2D eigenvalue weighted by atomic mass is 35.5. The Morgan fingerprint density at radius 1 is 1.15 bits per heavy atom. The molecule has 212 valence electrons. The third-order valence-corrected chi connectivity index (χ3v) is 7.82. The van der Waals surface area contributed by atoms with E-state index >= 15 is 0 Å². The average Bonchev–Trinajstić information content (AvgIpc) is 3.64. The molecule has 3 aromatic rings. The summed E-state index contributed by atoms with van der Waals surface area (Å²) in [4.78, 5) is 46.1. The lowest BCUT2D eigenvalue weighted by atomic mass is 9.96. The molecule has 2 amide bonds. The first-order chi connectivity index (χ1) is 19.8. The van der Waals surface area contributed by atoms with Gasteiger partial charge < -0.3 is 20.2 Å². The van der Waals surface area contributed by atoms with E-state index in [1.807, 2.05) is 29.3 Å². The molecule has 41 heavy (non-hydrogen) atoms. The zero-order valence-corrected chi connectivity index (χ0v) is 23.3. The molecule has 1 atom stereocenters. The number of aromatic nitrogens is 2. The number of aliphatic imine (C=N–C) groups is 1. The number of rotatable bonds is 6. The fraction of sp³-hybridized carbons (Fsp3) is 0.333. The summed E-state index contributed by atoms with van der Waals surface area (Å²) in [5.74, 6) is -2.04. The third kappa shape index (κ3) is 5.91. The van der Waals surface area contributed by atoms with Gasteiger partial charge in [-0.05, 0) is 54.7 Å². The van der Waals surface area contributed by atoms with Gasteiger partial charge in [-0.1, -0.05) is 29.3 Å². The van der Waals surface area contributed by atoms with Crippen molar-refractivity contribution in [3.63, 3.8) is 0 Å². The fourth-order valence-corrected chi connectivity index (χ4v) is 5.79. The van der Waals surface area contributed by atoms with Crippen molar-refractivity contribution < 1.29 is 19.5 Å². The van der Waals surface area contributed by atoms with Crippen LogP contribution < -0.4 is 10.6 Å². The summed E-state index contributed by atoms with van der Waals surface area (Å²) in [6.45, 7) is 1.66. The van der Waals surface area contributed by atoms with Gasteiger partial charge in [0.05, 0.1) is 27.7 Å². The molecule has 1 aromatic carbocycles. The zero-order valence-electron chi connectivity index (χ0n) is 21.8. The molecule has 0 unspecified atom stereocenters. The second-order valence-electron chi connectivity index (χ2n) is 9.72. The van der Waals surface area contributed by atoms with E-state index in [2.05, 4.69) is 20.7 Å². The van der Waals surface area contributed by atoms with Gasteiger partial charge in [-0.25, -0.2) is 14.3 Å². The van der Waals surface area contributed by atoms with Crippen LogP contribution in [0.15, 0.2) is 41.5 Å². The minimum Gasteiger partial charge on any atom is -0.480 e. The standard InChI is InChI=1S/C27H26Cl2N8O4/c28-19-11-16-14-36(25(39)20-12-17-5-1-2-9-37(17)34-20)10-6-18(16)23(29)22(19)24(38)33-21(26(40)41)13-31-27(32-15-30)35-7-3-4-8-35/h1-2,5,9,11-12,21H,3-4,6-8,10,13-14H2,(H,31,32)(H,33,38)(H,40,41)/t21-/m0/s1. The molecular weight excluding hydrogens is 571 g/mol. The van der Waals surface area contributed by atoms with E-state index in [1.54, 1.807) is 27.7 Å². The summed E-state index contributed by atoms with van der Waals surface area (Å²) in [6.07, 6.45) is 5.82. The van der Waals surface area contributed by atoms with Crippen LogP contribution >= 0.6 is 23.2 Å². The number of hydrogen-bond acceptors (Lipinski definition) is 6. The highest BCUT2D eigenvalue weighted by Crippen LogP contribution is 2.35. The van der Waals surface area contributed by atoms with E-state index in [4.69, 9.17) is 28.5 Å². The number of amides is 2. The van der Waals surface area contributed by atoms with Crippen molar-refractivity contribution in [2.75, 3.05) is 26.2 Å². The number of halogens is 2. The predicted octanol–water partition coefficient (Wildman–Crippen LogP) is 2.55. The van der Waals surface area contributed by atoms with Gasteiger partial charge in [-0.3, -0.25) is 14.9 Å². The number of nitrogens with one attached hydrogen (secondary N) is 2. The molecule has 12 nitrogen and oxygen atoms in total. The SMILES string of the molecule is N#CNC(=NC[C@H](NC(=O)c1c(Cl)cc2c(c1Cl)CCN(C(=O)c1cc3ccccn3n1)C2)C(=O)O)N1CCCC1. The van der Waals surface area contributed by atoms with Crippen LogP contribution in [0.3, 0.4) is 0 Å². The summed E-state index contributed by atoms with van der Waals surface area (Å²) in [7, 11) is 0. The normalized spacial score (nSPS) is 15.8. The van der Waals surface area contributed by atoms with Crippen LogP contribution in [0.25, 0.3) is 5.52 Å². The second kappa shape index (κ2) is 12.0. The number of carbonyl (C=O) groups is 3. The lowest BCUT2D eigenvalue weighted by Gasteiger charge is -2.30. The van der Waals surface area contributed by atoms with Crippen molar-refractivity contribution >= 4 is 52.5 Å². The van der Waals surface area contributed by atoms with Crippen LogP contribution in [0.1, 0.15) is 44.8 Å². The largest absolute Gasteiger partial charge is 0.480 e. The van der Waals surface area contributed by atoms with E-state index in [0.29, 0.717) is 42.9 Å². The smallest absolute Gasteiger partial charge is 0.328 e.